The Morgan fingerprint density at radius 3 is 1.33 bits per heavy atom. The van der Waals surface area contributed by atoms with Crippen LogP contribution in [0, 0.1) is 0 Å². The van der Waals surface area contributed by atoms with E-state index < -0.39 is 0 Å². The van der Waals surface area contributed by atoms with Crippen LogP contribution in [0.25, 0.3) is 0 Å². The zero-order valence-electron chi connectivity index (χ0n) is 8.31. The number of allylic oxidation sites excluding steroid dienone is 8. The second-order valence-corrected chi connectivity index (χ2v) is 3.33. The van der Waals surface area contributed by atoms with Crippen LogP contribution in [-0.2, 0) is 0 Å². The Balaban J connectivity index is 3.18. The van der Waals surface area contributed by atoms with Crippen molar-refractivity contribution in [3.63, 3.8) is 0 Å². The third-order valence-electron chi connectivity index (χ3n) is 2.55. The molecule has 12 heavy (non-hydrogen) atoms. The largest absolute Gasteiger partial charge is 0.0620 e. The molecule has 0 aromatic carbocycles. The third-order valence-corrected chi connectivity index (χ3v) is 2.55. The average molecular weight is 160 g/mol. The van der Waals surface area contributed by atoms with Crippen LogP contribution < -0.4 is 0 Å². The van der Waals surface area contributed by atoms with Crippen molar-refractivity contribution < 1.29 is 0 Å². The predicted molar refractivity (Wildman–Crippen MR) is 55.0 cm³/mol. The van der Waals surface area contributed by atoms with E-state index in [-0.39, 0.29) is 0 Å². The van der Waals surface area contributed by atoms with Gasteiger partial charge in [0.15, 0.2) is 0 Å². The normalized spacial score (nSPS) is 35.7. The lowest BCUT2D eigenvalue weighted by Gasteiger charge is -2.09. The molecule has 0 saturated heterocycles. The van der Waals surface area contributed by atoms with Gasteiger partial charge in [-0.15, -0.1) is 0 Å². The summed E-state index contributed by atoms with van der Waals surface area (Å²) in [5, 5.41) is 0. The summed E-state index contributed by atoms with van der Waals surface area (Å²) >= 11 is 0. The minimum Gasteiger partial charge on any atom is -0.0620 e. The highest BCUT2D eigenvalue weighted by molar-refractivity contribution is 5.45. The summed E-state index contributed by atoms with van der Waals surface area (Å²) in [4.78, 5) is 0. The summed E-state index contributed by atoms with van der Waals surface area (Å²) in [6.07, 6.45) is 8.49. The van der Waals surface area contributed by atoms with Gasteiger partial charge in [0.05, 0.1) is 0 Å². The maximum atomic E-state index is 2.18. The van der Waals surface area contributed by atoms with Crippen molar-refractivity contribution in [2.24, 2.45) is 0 Å². The minimum absolute atomic E-state index is 1.36. The van der Waals surface area contributed by atoms with Crippen molar-refractivity contribution in [3.8, 4) is 0 Å². The molecule has 1 aliphatic carbocycles. The Kier molecular flexibility index (Phi) is 2.69. The second-order valence-electron chi connectivity index (χ2n) is 3.33. The molecule has 0 unspecified atom stereocenters. The zero-order chi connectivity index (χ0) is 9.14. The van der Waals surface area contributed by atoms with Crippen molar-refractivity contribution in [2.45, 2.75) is 27.7 Å². The lowest BCUT2D eigenvalue weighted by molar-refractivity contribution is 1.21. The maximum absolute atomic E-state index is 2.18. The molecule has 64 valence electrons. The van der Waals surface area contributed by atoms with Crippen molar-refractivity contribution >= 4 is 0 Å². The Labute approximate surface area is 75.0 Å². The fraction of sp³-hybridized carbons (Fsp3) is 0.333. The molecule has 0 radical (unpaired) electrons. The lowest BCUT2D eigenvalue weighted by atomic mass is 9.97. The molecular formula is C12H16. The van der Waals surface area contributed by atoms with E-state index in [0.29, 0.717) is 0 Å². The molecule has 0 aromatic rings. The summed E-state index contributed by atoms with van der Waals surface area (Å²) in [6, 6.07) is 0. The van der Waals surface area contributed by atoms with Crippen LogP contribution in [0.4, 0.5) is 0 Å². The average Bonchev–Trinajstić information content (AvgIpc) is 2.07. The first-order valence-electron chi connectivity index (χ1n) is 4.33. The van der Waals surface area contributed by atoms with Crippen molar-refractivity contribution in [1.82, 2.24) is 0 Å². The van der Waals surface area contributed by atoms with Crippen LogP contribution in [-0.4, -0.2) is 0 Å². The summed E-state index contributed by atoms with van der Waals surface area (Å²) in [7, 11) is 0. The summed E-state index contributed by atoms with van der Waals surface area (Å²) < 4.78 is 0. The van der Waals surface area contributed by atoms with Crippen molar-refractivity contribution in [3.05, 3.63) is 46.6 Å². The van der Waals surface area contributed by atoms with E-state index in [2.05, 4.69) is 52.0 Å². The second kappa shape index (κ2) is 3.57. The molecule has 1 aliphatic rings. The molecule has 1 rings (SSSR count). The first-order valence-corrected chi connectivity index (χ1v) is 4.33. The number of hydrogen-bond acceptors (Lipinski definition) is 0. The molecule has 0 aromatic heterocycles. The highest BCUT2D eigenvalue weighted by Gasteiger charge is 2.01. The third kappa shape index (κ3) is 1.76. The molecule has 0 spiro atoms. The topological polar surface area (TPSA) is 0 Å². The van der Waals surface area contributed by atoms with Crippen LogP contribution in [0.15, 0.2) is 46.6 Å². The standard InChI is InChI=1S/C12H16/c1-9-7-5-6-8-10(2)12(4)11(9)3/h5-8H,1-4H3/b6-5-,7-5?,8-6?,9-7-,10-8-,11-9?,12-10?,12-11-. The first-order chi connectivity index (χ1) is 5.63. The van der Waals surface area contributed by atoms with Crippen molar-refractivity contribution in [2.75, 3.05) is 0 Å². The molecule has 0 amide bonds. The van der Waals surface area contributed by atoms with Crippen LogP contribution in [0.1, 0.15) is 27.7 Å². The summed E-state index contributed by atoms with van der Waals surface area (Å²) in [5.41, 5.74) is 5.51. The van der Waals surface area contributed by atoms with Gasteiger partial charge in [0.2, 0.25) is 0 Å². The SMILES string of the molecule is CC1=C/C=C\C=C(C)/C(C)=C\1C. The molecular weight excluding hydrogens is 144 g/mol. The van der Waals surface area contributed by atoms with E-state index in [1.165, 1.54) is 22.3 Å². The van der Waals surface area contributed by atoms with Crippen LogP contribution in [0.3, 0.4) is 0 Å². The summed E-state index contributed by atoms with van der Waals surface area (Å²) in [6.45, 7) is 8.67. The molecule has 0 heterocycles. The van der Waals surface area contributed by atoms with E-state index in [4.69, 9.17) is 0 Å². The van der Waals surface area contributed by atoms with Crippen LogP contribution in [0.2, 0.25) is 0 Å². The number of rotatable bonds is 0. The summed E-state index contributed by atoms with van der Waals surface area (Å²) in [5.74, 6) is 0. The van der Waals surface area contributed by atoms with Gasteiger partial charge in [0, 0.05) is 0 Å². The molecule has 0 nitrogen and oxygen atoms in total. The molecule has 0 N–H and O–H groups in total. The van der Waals surface area contributed by atoms with Gasteiger partial charge in [-0.3, -0.25) is 0 Å². The molecule has 0 bridgehead atoms. The minimum atomic E-state index is 1.36. The number of hydrogen-bond donors (Lipinski definition) is 0. The smallest absolute Gasteiger partial charge is 0.0392 e. The van der Waals surface area contributed by atoms with Gasteiger partial charge >= 0.3 is 0 Å². The van der Waals surface area contributed by atoms with Gasteiger partial charge in [-0.1, -0.05) is 24.3 Å². The Morgan fingerprint density at radius 2 is 1.00 bits per heavy atom. The van der Waals surface area contributed by atoms with Crippen molar-refractivity contribution in [1.29, 1.82) is 0 Å². The Hall–Kier alpha value is -1.04. The van der Waals surface area contributed by atoms with E-state index in [1.54, 1.807) is 0 Å². The molecule has 0 atom stereocenters. The highest BCUT2D eigenvalue weighted by Crippen LogP contribution is 2.21. The van der Waals surface area contributed by atoms with Gasteiger partial charge in [0.25, 0.3) is 0 Å². The van der Waals surface area contributed by atoms with E-state index in [9.17, 15) is 0 Å². The van der Waals surface area contributed by atoms with Gasteiger partial charge < -0.3 is 0 Å². The highest BCUT2D eigenvalue weighted by atomic mass is 14.1. The first kappa shape index (κ1) is 9.05. The van der Waals surface area contributed by atoms with Gasteiger partial charge in [-0.05, 0) is 50.0 Å². The van der Waals surface area contributed by atoms with Gasteiger partial charge in [0.1, 0.15) is 0 Å². The monoisotopic (exact) mass is 160 g/mol. The maximum Gasteiger partial charge on any atom is -0.0392 e. The lowest BCUT2D eigenvalue weighted by Crippen LogP contribution is -1.89. The predicted octanol–water partition coefficient (Wildman–Crippen LogP) is 3.79. The fourth-order valence-corrected chi connectivity index (χ4v) is 1.24. The molecule has 0 aliphatic heterocycles. The fourth-order valence-electron chi connectivity index (χ4n) is 1.24. The zero-order valence-corrected chi connectivity index (χ0v) is 8.31. The Morgan fingerprint density at radius 1 is 0.667 bits per heavy atom. The van der Waals surface area contributed by atoms with E-state index in [0.717, 1.165) is 0 Å². The van der Waals surface area contributed by atoms with Gasteiger partial charge in [-0.2, -0.15) is 0 Å². The van der Waals surface area contributed by atoms with Crippen LogP contribution in [0.5, 0.6) is 0 Å². The molecule has 0 saturated carbocycles. The van der Waals surface area contributed by atoms with Gasteiger partial charge in [-0.25, -0.2) is 0 Å². The van der Waals surface area contributed by atoms with E-state index >= 15 is 0 Å². The van der Waals surface area contributed by atoms with E-state index in [1.807, 2.05) is 0 Å². The Bertz CT molecular complexity index is 266. The quantitative estimate of drug-likeness (QED) is 0.506. The van der Waals surface area contributed by atoms with Crippen LogP contribution >= 0.6 is 0 Å². The molecule has 0 fully saturated rings. The molecule has 0 heteroatoms.